The van der Waals surface area contributed by atoms with Gasteiger partial charge in [0.1, 0.15) is 18.1 Å². The average Bonchev–Trinajstić information content (AvgIpc) is 3.11. The smallest absolute Gasteiger partial charge is 0.226 e. The Balaban J connectivity index is 1.15. The van der Waals surface area contributed by atoms with Crippen molar-refractivity contribution < 1.29 is 28.6 Å². The zero-order valence-corrected chi connectivity index (χ0v) is 28.1. The molecule has 3 aliphatic heterocycles. The van der Waals surface area contributed by atoms with Gasteiger partial charge >= 0.3 is 0 Å². The lowest BCUT2D eigenvalue weighted by Crippen LogP contribution is -2.51. The monoisotopic (exact) mass is 648 g/mol. The van der Waals surface area contributed by atoms with Gasteiger partial charge in [-0.05, 0) is 69.3 Å². The molecule has 47 heavy (non-hydrogen) atoms. The van der Waals surface area contributed by atoms with Crippen LogP contribution in [0.1, 0.15) is 68.5 Å². The van der Waals surface area contributed by atoms with Crippen LogP contribution in [0.2, 0.25) is 0 Å². The Morgan fingerprint density at radius 3 is 2.57 bits per heavy atom. The molecule has 2 atom stereocenters. The summed E-state index contributed by atoms with van der Waals surface area (Å²) in [6.45, 7) is 4.62. The number of piperidine rings is 2. The van der Waals surface area contributed by atoms with Gasteiger partial charge in [-0.2, -0.15) is 0 Å². The van der Waals surface area contributed by atoms with Crippen LogP contribution in [0.25, 0.3) is 0 Å². The maximum atomic E-state index is 13.7. The lowest BCUT2D eigenvalue weighted by atomic mass is 9.73. The molecule has 0 radical (unpaired) electrons. The van der Waals surface area contributed by atoms with Gasteiger partial charge in [0.15, 0.2) is 0 Å². The molecule has 3 heterocycles. The van der Waals surface area contributed by atoms with Crippen molar-refractivity contribution >= 4 is 17.7 Å². The molecule has 256 valence electrons. The number of aryl methyl sites for hydroxylation is 1. The van der Waals surface area contributed by atoms with E-state index in [9.17, 15) is 14.4 Å². The molecule has 0 unspecified atom stereocenters. The van der Waals surface area contributed by atoms with Crippen molar-refractivity contribution in [3.63, 3.8) is 0 Å². The molecule has 1 spiro atoms. The summed E-state index contributed by atoms with van der Waals surface area (Å²) < 4.78 is 17.0. The molecule has 0 bridgehead atoms. The number of para-hydroxylation sites is 2. The molecule has 2 fully saturated rings. The van der Waals surface area contributed by atoms with E-state index < -0.39 is 12.0 Å². The van der Waals surface area contributed by atoms with Gasteiger partial charge < -0.3 is 34.6 Å². The predicted octanol–water partition coefficient (Wildman–Crippen LogP) is 4.13. The Kier molecular flexibility index (Phi) is 12.5. The first-order valence-corrected chi connectivity index (χ1v) is 17.4. The Bertz CT molecular complexity index is 1340. The van der Waals surface area contributed by atoms with Crippen molar-refractivity contribution in [3.05, 3.63) is 59.7 Å². The van der Waals surface area contributed by atoms with Crippen molar-refractivity contribution in [1.82, 2.24) is 20.4 Å². The van der Waals surface area contributed by atoms with Gasteiger partial charge in [0.05, 0.1) is 37.6 Å². The first-order valence-electron chi connectivity index (χ1n) is 17.4. The van der Waals surface area contributed by atoms with Crippen LogP contribution in [-0.2, 0) is 25.5 Å². The van der Waals surface area contributed by atoms with E-state index in [1.807, 2.05) is 36.4 Å². The number of likely N-dealkylation sites (tertiary alicyclic amines) is 2. The van der Waals surface area contributed by atoms with Gasteiger partial charge in [-0.25, -0.2) is 0 Å². The number of carbonyl (C=O) groups is 3. The standard InChI is InChI=1S/C37H52N4O6/c1-45-27-25-41-33(42)16-15-30(34(41)29-12-6-8-14-32(29)46-2)35(43)38-20-24-40-22-18-37(19-23-40)17-9-3-4-10-28-11-5-7-13-31(28)47-26-21-39-36(37)44/h5-8,11-14,30,34H,3-4,9-10,15-27H2,1-2H3,(H,38,43)(H,39,44)/t30-,34+/m1/s1. The third-order valence-electron chi connectivity index (χ3n) is 10.3. The molecule has 3 aliphatic rings. The summed E-state index contributed by atoms with van der Waals surface area (Å²) in [4.78, 5) is 44.4. The van der Waals surface area contributed by atoms with E-state index >= 15 is 0 Å². The SMILES string of the molecule is COCCN1C(=O)CC[C@@H](C(=O)NCCN2CCC3(CCCCCc4ccccc4OCCNC3=O)CC2)[C@@H]1c1ccccc1OC. The second-order valence-electron chi connectivity index (χ2n) is 13.1. The molecule has 10 heteroatoms. The Hall–Kier alpha value is -3.63. The largest absolute Gasteiger partial charge is 0.496 e. The fourth-order valence-electron chi connectivity index (χ4n) is 7.56. The van der Waals surface area contributed by atoms with Gasteiger partial charge in [0.25, 0.3) is 0 Å². The average molecular weight is 649 g/mol. The van der Waals surface area contributed by atoms with Crippen LogP contribution in [0.4, 0.5) is 0 Å². The molecular weight excluding hydrogens is 596 g/mol. The molecule has 5 rings (SSSR count). The van der Waals surface area contributed by atoms with Crippen molar-refractivity contribution in [3.8, 4) is 11.5 Å². The Labute approximate surface area is 279 Å². The summed E-state index contributed by atoms with van der Waals surface area (Å²) in [6.07, 6.45) is 7.52. The summed E-state index contributed by atoms with van der Waals surface area (Å²) in [7, 11) is 3.23. The number of carbonyl (C=O) groups excluding carboxylic acids is 3. The lowest BCUT2D eigenvalue weighted by molar-refractivity contribution is -0.144. The fraction of sp³-hybridized carbons (Fsp3) is 0.595. The third kappa shape index (κ3) is 8.65. The topological polar surface area (TPSA) is 109 Å². The second-order valence-corrected chi connectivity index (χ2v) is 13.1. The van der Waals surface area contributed by atoms with Crippen LogP contribution in [0.5, 0.6) is 11.5 Å². The predicted molar refractivity (Wildman–Crippen MR) is 180 cm³/mol. The highest BCUT2D eigenvalue weighted by molar-refractivity contribution is 5.85. The van der Waals surface area contributed by atoms with E-state index in [0.717, 1.165) is 69.3 Å². The second kappa shape index (κ2) is 17.0. The third-order valence-corrected chi connectivity index (χ3v) is 10.3. The molecule has 2 aromatic carbocycles. The maximum absolute atomic E-state index is 13.7. The molecule has 0 saturated carbocycles. The zero-order valence-electron chi connectivity index (χ0n) is 28.1. The summed E-state index contributed by atoms with van der Waals surface area (Å²) in [6, 6.07) is 15.4. The molecule has 3 amide bonds. The normalized spacial score (nSPS) is 22.6. The van der Waals surface area contributed by atoms with Crippen LogP contribution in [0, 0.1) is 11.3 Å². The number of nitrogens with one attached hydrogen (secondary N) is 2. The van der Waals surface area contributed by atoms with E-state index in [4.69, 9.17) is 14.2 Å². The van der Waals surface area contributed by atoms with Gasteiger partial charge in [-0.1, -0.05) is 49.2 Å². The summed E-state index contributed by atoms with van der Waals surface area (Å²) in [5.41, 5.74) is 1.72. The number of rotatable bonds is 9. The van der Waals surface area contributed by atoms with E-state index in [2.05, 4.69) is 27.7 Å². The maximum Gasteiger partial charge on any atom is 0.226 e. The first kappa shape index (κ1) is 34.7. The number of hydrogen-bond acceptors (Lipinski definition) is 7. The van der Waals surface area contributed by atoms with Gasteiger partial charge in [-0.15, -0.1) is 0 Å². The van der Waals surface area contributed by atoms with Crippen LogP contribution in [-0.4, -0.2) is 94.2 Å². The molecule has 2 aromatic rings. The number of hydrogen-bond donors (Lipinski definition) is 2. The quantitative estimate of drug-likeness (QED) is 0.421. The summed E-state index contributed by atoms with van der Waals surface area (Å²) >= 11 is 0. The van der Waals surface area contributed by atoms with E-state index in [-0.39, 0.29) is 23.1 Å². The van der Waals surface area contributed by atoms with Crippen LogP contribution >= 0.6 is 0 Å². The Morgan fingerprint density at radius 1 is 0.979 bits per heavy atom. The molecule has 2 saturated heterocycles. The van der Waals surface area contributed by atoms with E-state index in [0.29, 0.717) is 58.0 Å². The number of amides is 3. The number of benzene rings is 2. The highest BCUT2D eigenvalue weighted by atomic mass is 16.5. The van der Waals surface area contributed by atoms with Crippen LogP contribution in [0.3, 0.4) is 0 Å². The molecule has 0 aromatic heterocycles. The van der Waals surface area contributed by atoms with Gasteiger partial charge in [-0.3, -0.25) is 14.4 Å². The summed E-state index contributed by atoms with van der Waals surface area (Å²) in [5, 5.41) is 6.37. The number of ether oxygens (including phenoxy) is 3. The van der Waals surface area contributed by atoms with Crippen LogP contribution in [0.15, 0.2) is 48.5 Å². The lowest BCUT2D eigenvalue weighted by Gasteiger charge is -2.42. The van der Waals surface area contributed by atoms with Crippen molar-refractivity contribution in [1.29, 1.82) is 0 Å². The molecule has 2 N–H and O–H groups in total. The first-order chi connectivity index (χ1) is 23.0. The highest BCUT2D eigenvalue weighted by Crippen LogP contribution is 2.41. The number of nitrogens with zero attached hydrogens (tertiary/aromatic N) is 2. The van der Waals surface area contributed by atoms with E-state index in [1.165, 1.54) is 5.56 Å². The minimum absolute atomic E-state index is 0.0215. The van der Waals surface area contributed by atoms with Gasteiger partial charge in [0.2, 0.25) is 17.7 Å². The number of methoxy groups -OCH3 is 2. The molecule has 10 nitrogen and oxygen atoms in total. The van der Waals surface area contributed by atoms with Crippen molar-refractivity contribution in [2.75, 3.05) is 66.7 Å². The fourth-order valence-corrected chi connectivity index (χ4v) is 7.56. The minimum atomic E-state index is -0.430. The van der Waals surface area contributed by atoms with Gasteiger partial charge in [0, 0.05) is 38.7 Å². The Morgan fingerprint density at radius 2 is 1.77 bits per heavy atom. The highest BCUT2D eigenvalue weighted by Gasteiger charge is 2.42. The van der Waals surface area contributed by atoms with Crippen molar-refractivity contribution in [2.24, 2.45) is 11.3 Å². The van der Waals surface area contributed by atoms with Crippen molar-refractivity contribution in [2.45, 2.75) is 63.8 Å². The minimum Gasteiger partial charge on any atom is -0.496 e. The van der Waals surface area contributed by atoms with Crippen LogP contribution < -0.4 is 20.1 Å². The summed E-state index contributed by atoms with van der Waals surface area (Å²) in [5.74, 6) is 1.31. The molecular formula is C37H52N4O6. The zero-order chi connectivity index (χ0) is 33.1. The molecule has 0 aliphatic carbocycles. The van der Waals surface area contributed by atoms with E-state index in [1.54, 1.807) is 19.1 Å². The number of fused-ring (bicyclic) bond motifs is 1.